The van der Waals surface area contributed by atoms with E-state index in [1.807, 2.05) is 48.5 Å². The molecule has 0 N–H and O–H groups in total. The van der Waals surface area contributed by atoms with Crippen LogP contribution in [0.25, 0.3) is 16.9 Å². The summed E-state index contributed by atoms with van der Waals surface area (Å²) < 4.78 is 3.17. The normalized spacial score (nSPS) is 11.1. The third-order valence-corrected chi connectivity index (χ3v) is 4.69. The van der Waals surface area contributed by atoms with Crippen molar-refractivity contribution >= 4 is 33.2 Å². The van der Waals surface area contributed by atoms with Crippen LogP contribution in [0.1, 0.15) is 11.3 Å². The predicted octanol–water partition coefficient (Wildman–Crippen LogP) is 6.01. The number of hydrogen-bond acceptors (Lipinski definition) is 1. The zero-order valence-corrected chi connectivity index (χ0v) is 15.1. The lowest BCUT2D eigenvalue weighted by Gasteiger charge is -2.07. The lowest BCUT2D eigenvalue weighted by molar-refractivity contribution is 1.02. The zero-order chi connectivity index (χ0) is 16.5. The molecule has 0 bridgehead atoms. The fourth-order valence-corrected chi connectivity index (χ4v) is 3.45. The minimum atomic E-state index is 0.753. The van der Waals surface area contributed by atoms with Gasteiger partial charge in [-0.15, -0.1) is 0 Å². The number of imidazole rings is 1. The van der Waals surface area contributed by atoms with Gasteiger partial charge in [-0.1, -0.05) is 54.1 Å². The van der Waals surface area contributed by atoms with Crippen molar-refractivity contribution in [3.05, 3.63) is 93.7 Å². The summed E-state index contributed by atoms with van der Waals surface area (Å²) in [5.41, 5.74) is 5.39. The first-order chi connectivity index (χ1) is 11.7. The SMILES string of the molecule is Clc1cccc(Cc2c(-c3ccccc3)nc3ccc(Br)cn23)c1. The number of aromatic nitrogens is 2. The molecule has 2 aromatic heterocycles. The summed E-state index contributed by atoms with van der Waals surface area (Å²) >= 11 is 9.71. The third-order valence-electron chi connectivity index (χ3n) is 3.99. The van der Waals surface area contributed by atoms with Gasteiger partial charge < -0.3 is 4.40 Å². The first kappa shape index (κ1) is 15.4. The smallest absolute Gasteiger partial charge is 0.137 e. The molecule has 0 atom stereocenters. The van der Waals surface area contributed by atoms with Crippen LogP contribution in [0, 0.1) is 0 Å². The van der Waals surface area contributed by atoms with Crippen LogP contribution >= 0.6 is 27.5 Å². The highest BCUT2D eigenvalue weighted by atomic mass is 79.9. The highest BCUT2D eigenvalue weighted by molar-refractivity contribution is 9.10. The molecule has 0 radical (unpaired) electrons. The Hall–Kier alpha value is -2.10. The average molecular weight is 398 g/mol. The van der Waals surface area contributed by atoms with E-state index in [0.717, 1.165) is 38.5 Å². The first-order valence-corrected chi connectivity index (χ1v) is 8.84. The maximum atomic E-state index is 6.16. The molecule has 24 heavy (non-hydrogen) atoms. The van der Waals surface area contributed by atoms with E-state index in [4.69, 9.17) is 16.6 Å². The Morgan fingerprint density at radius 1 is 0.958 bits per heavy atom. The molecule has 0 saturated heterocycles. The Balaban J connectivity index is 1.92. The molecular weight excluding hydrogens is 384 g/mol. The Labute approximate surface area is 153 Å². The van der Waals surface area contributed by atoms with E-state index in [2.05, 4.69) is 44.7 Å². The molecule has 0 amide bonds. The first-order valence-electron chi connectivity index (χ1n) is 7.67. The molecule has 118 valence electrons. The lowest BCUT2D eigenvalue weighted by Crippen LogP contribution is -1.97. The highest BCUT2D eigenvalue weighted by Gasteiger charge is 2.14. The number of hydrogen-bond donors (Lipinski definition) is 0. The maximum Gasteiger partial charge on any atom is 0.137 e. The van der Waals surface area contributed by atoms with Crippen molar-refractivity contribution in [3.63, 3.8) is 0 Å². The summed E-state index contributed by atoms with van der Waals surface area (Å²) in [5, 5.41) is 0.753. The van der Waals surface area contributed by atoms with Gasteiger partial charge in [-0.25, -0.2) is 4.98 Å². The van der Waals surface area contributed by atoms with Gasteiger partial charge in [0.15, 0.2) is 0 Å². The second-order valence-corrected chi connectivity index (χ2v) is 7.01. The van der Waals surface area contributed by atoms with Gasteiger partial charge in [-0.05, 0) is 45.8 Å². The fraction of sp³-hybridized carbons (Fsp3) is 0.0500. The van der Waals surface area contributed by atoms with E-state index in [0.29, 0.717) is 0 Å². The summed E-state index contributed by atoms with van der Waals surface area (Å²) in [6, 6.07) is 22.3. The van der Waals surface area contributed by atoms with Crippen molar-refractivity contribution in [3.8, 4) is 11.3 Å². The highest BCUT2D eigenvalue weighted by Crippen LogP contribution is 2.28. The standard InChI is InChI=1S/C20H14BrClN2/c21-16-9-10-19-23-20(15-6-2-1-3-7-15)18(24(19)13-16)12-14-5-4-8-17(22)11-14/h1-11,13H,12H2. The Bertz CT molecular complexity index is 1010. The van der Waals surface area contributed by atoms with Crippen LogP contribution in [0.3, 0.4) is 0 Å². The molecule has 0 fully saturated rings. The molecule has 2 nitrogen and oxygen atoms in total. The summed E-state index contributed by atoms with van der Waals surface area (Å²) in [5.74, 6) is 0. The van der Waals surface area contributed by atoms with E-state index in [9.17, 15) is 0 Å². The van der Waals surface area contributed by atoms with E-state index in [1.54, 1.807) is 0 Å². The number of nitrogens with zero attached hydrogens (tertiary/aromatic N) is 2. The largest absolute Gasteiger partial charge is 0.302 e. The summed E-state index contributed by atoms with van der Waals surface area (Å²) in [6.45, 7) is 0. The molecule has 2 aromatic carbocycles. The second-order valence-electron chi connectivity index (χ2n) is 5.66. The van der Waals surface area contributed by atoms with Crippen LogP contribution in [-0.4, -0.2) is 9.38 Å². The Morgan fingerprint density at radius 2 is 1.79 bits per heavy atom. The van der Waals surface area contributed by atoms with Gasteiger partial charge in [0.1, 0.15) is 5.65 Å². The van der Waals surface area contributed by atoms with Crippen molar-refractivity contribution in [1.29, 1.82) is 0 Å². The van der Waals surface area contributed by atoms with Gasteiger partial charge in [-0.2, -0.15) is 0 Å². The zero-order valence-electron chi connectivity index (χ0n) is 12.8. The molecule has 2 heterocycles. The van der Waals surface area contributed by atoms with Crippen molar-refractivity contribution in [1.82, 2.24) is 9.38 Å². The van der Waals surface area contributed by atoms with E-state index in [1.165, 1.54) is 5.56 Å². The monoisotopic (exact) mass is 396 g/mol. The fourth-order valence-electron chi connectivity index (χ4n) is 2.90. The van der Waals surface area contributed by atoms with Gasteiger partial charge in [-0.3, -0.25) is 0 Å². The van der Waals surface area contributed by atoms with Gasteiger partial charge in [0.2, 0.25) is 0 Å². The molecule has 0 aliphatic rings. The van der Waals surface area contributed by atoms with Crippen LogP contribution < -0.4 is 0 Å². The van der Waals surface area contributed by atoms with Gasteiger partial charge >= 0.3 is 0 Å². The molecule has 0 spiro atoms. The van der Waals surface area contributed by atoms with Crippen LogP contribution in [0.4, 0.5) is 0 Å². The number of halogens is 2. The lowest BCUT2D eigenvalue weighted by atomic mass is 10.0. The van der Waals surface area contributed by atoms with Gasteiger partial charge in [0.05, 0.1) is 11.4 Å². The van der Waals surface area contributed by atoms with Crippen LogP contribution in [0.15, 0.2) is 77.4 Å². The summed E-state index contributed by atoms with van der Waals surface area (Å²) in [6.07, 6.45) is 2.83. The summed E-state index contributed by atoms with van der Waals surface area (Å²) in [7, 11) is 0. The molecule has 0 aliphatic heterocycles. The minimum Gasteiger partial charge on any atom is -0.302 e. The molecule has 0 saturated carbocycles. The number of pyridine rings is 1. The van der Waals surface area contributed by atoms with Crippen LogP contribution in [0.5, 0.6) is 0 Å². The quantitative estimate of drug-likeness (QED) is 0.414. The van der Waals surface area contributed by atoms with Crippen molar-refractivity contribution in [2.75, 3.05) is 0 Å². The van der Waals surface area contributed by atoms with Crippen LogP contribution in [0.2, 0.25) is 5.02 Å². The van der Waals surface area contributed by atoms with E-state index in [-0.39, 0.29) is 0 Å². The molecule has 0 aliphatic carbocycles. The number of benzene rings is 2. The Morgan fingerprint density at radius 3 is 2.58 bits per heavy atom. The van der Waals surface area contributed by atoms with Crippen molar-refractivity contribution < 1.29 is 0 Å². The summed E-state index contributed by atoms with van der Waals surface area (Å²) in [4.78, 5) is 4.85. The maximum absolute atomic E-state index is 6.16. The van der Waals surface area contributed by atoms with Crippen molar-refractivity contribution in [2.24, 2.45) is 0 Å². The molecule has 4 heteroatoms. The Kier molecular flexibility index (Phi) is 4.13. The van der Waals surface area contributed by atoms with E-state index >= 15 is 0 Å². The minimum absolute atomic E-state index is 0.753. The van der Waals surface area contributed by atoms with E-state index < -0.39 is 0 Å². The predicted molar refractivity (Wildman–Crippen MR) is 103 cm³/mol. The van der Waals surface area contributed by atoms with Gasteiger partial charge in [0, 0.05) is 27.7 Å². The van der Waals surface area contributed by atoms with Crippen molar-refractivity contribution in [2.45, 2.75) is 6.42 Å². The van der Waals surface area contributed by atoms with Crippen LogP contribution in [-0.2, 0) is 6.42 Å². The number of fused-ring (bicyclic) bond motifs is 1. The third kappa shape index (κ3) is 2.97. The topological polar surface area (TPSA) is 17.3 Å². The van der Waals surface area contributed by atoms with Gasteiger partial charge in [0.25, 0.3) is 0 Å². The number of rotatable bonds is 3. The molecular formula is C20H14BrClN2. The second kappa shape index (κ2) is 6.42. The average Bonchev–Trinajstić information content (AvgIpc) is 2.94. The molecule has 0 unspecified atom stereocenters. The molecule has 4 rings (SSSR count). The molecule has 4 aromatic rings.